The van der Waals surface area contributed by atoms with Crippen molar-refractivity contribution in [2.75, 3.05) is 0 Å². The van der Waals surface area contributed by atoms with Crippen molar-refractivity contribution >= 4 is 23.1 Å². The van der Waals surface area contributed by atoms with Gasteiger partial charge in [-0.1, -0.05) is 48.9 Å². The Kier molecular flexibility index (Phi) is 4.70. The summed E-state index contributed by atoms with van der Waals surface area (Å²) in [6, 6.07) is 10.7. The van der Waals surface area contributed by atoms with E-state index < -0.39 is 17.3 Å². The molecule has 1 saturated carbocycles. The second-order valence-electron chi connectivity index (χ2n) is 8.03. The molecule has 2 aromatic carbocycles. The molecule has 0 unspecified atom stereocenters. The van der Waals surface area contributed by atoms with Crippen LogP contribution in [0.3, 0.4) is 0 Å². The van der Waals surface area contributed by atoms with Crippen molar-refractivity contribution in [3.05, 3.63) is 64.1 Å². The van der Waals surface area contributed by atoms with Gasteiger partial charge < -0.3 is 10.4 Å². The number of hydrogen-bond donors (Lipinski definition) is 2. The normalized spacial score (nSPS) is 24.7. The number of aliphatic hydroxyl groups is 1. The summed E-state index contributed by atoms with van der Waals surface area (Å²) in [5.41, 5.74) is 0.769. The summed E-state index contributed by atoms with van der Waals surface area (Å²) in [5, 5.41) is 14.4. The molecule has 2 aromatic rings. The van der Waals surface area contributed by atoms with Crippen molar-refractivity contribution < 1.29 is 14.3 Å². The summed E-state index contributed by atoms with van der Waals surface area (Å²) >= 11 is 6.41. The number of halogens is 2. The fourth-order valence-electron chi connectivity index (χ4n) is 4.38. The van der Waals surface area contributed by atoms with Gasteiger partial charge in [-0.2, -0.15) is 0 Å². The van der Waals surface area contributed by atoms with Crippen LogP contribution in [0.2, 0.25) is 5.02 Å². The van der Waals surface area contributed by atoms with Gasteiger partial charge in [0.1, 0.15) is 11.6 Å². The van der Waals surface area contributed by atoms with Crippen LogP contribution < -0.4 is 5.32 Å². The zero-order valence-electron chi connectivity index (χ0n) is 16.0. The molecule has 5 heteroatoms. The first-order valence-corrected chi connectivity index (χ1v) is 10.0. The Morgan fingerprint density at radius 2 is 1.86 bits per heavy atom. The van der Waals surface area contributed by atoms with Gasteiger partial charge in [0, 0.05) is 16.1 Å². The van der Waals surface area contributed by atoms with Crippen LogP contribution in [0.5, 0.6) is 0 Å². The molecule has 1 aliphatic carbocycles. The maximum atomic E-state index is 15.6. The minimum Gasteiger partial charge on any atom is -0.509 e. The smallest absolute Gasteiger partial charge is 0.256 e. The van der Waals surface area contributed by atoms with E-state index in [1.807, 2.05) is 18.2 Å². The van der Waals surface area contributed by atoms with Crippen molar-refractivity contribution in [3.8, 4) is 11.1 Å². The molecule has 2 N–H and O–H groups in total. The molecule has 28 heavy (non-hydrogen) atoms. The van der Waals surface area contributed by atoms with Crippen LogP contribution >= 0.6 is 11.6 Å². The number of aliphatic hydroxyl groups excluding tert-OH is 1. The fraction of sp³-hybridized carbons (Fsp3) is 0.348. The lowest BCUT2D eigenvalue weighted by molar-refractivity contribution is -0.116. The van der Waals surface area contributed by atoms with E-state index in [2.05, 4.69) is 12.2 Å². The number of carbonyl (C=O) groups excluding carboxylic acids is 1. The highest BCUT2D eigenvalue weighted by Gasteiger charge is 2.48. The number of hydrogen-bond acceptors (Lipinski definition) is 2. The van der Waals surface area contributed by atoms with Crippen molar-refractivity contribution in [1.29, 1.82) is 0 Å². The monoisotopic (exact) mass is 399 g/mol. The molecule has 1 heterocycles. The Morgan fingerprint density at radius 1 is 1.21 bits per heavy atom. The summed E-state index contributed by atoms with van der Waals surface area (Å²) < 4.78 is 15.6. The molecule has 146 valence electrons. The molecule has 3 nitrogen and oxygen atoms in total. The minimum absolute atomic E-state index is 0.0178. The van der Waals surface area contributed by atoms with Crippen molar-refractivity contribution in [2.24, 2.45) is 5.92 Å². The zero-order chi connectivity index (χ0) is 20.1. The van der Waals surface area contributed by atoms with Crippen molar-refractivity contribution in [1.82, 2.24) is 5.32 Å². The Labute approximate surface area is 169 Å². The van der Waals surface area contributed by atoms with E-state index in [1.165, 1.54) is 0 Å². The van der Waals surface area contributed by atoms with Crippen LogP contribution in [0.25, 0.3) is 16.7 Å². The lowest BCUT2D eigenvalue weighted by atomic mass is 9.76. The topological polar surface area (TPSA) is 49.3 Å². The summed E-state index contributed by atoms with van der Waals surface area (Å²) in [5.74, 6) is -0.470. The second kappa shape index (κ2) is 6.93. The van der Waals surface area contributed by atoms with Crippen LogP contribution in [0, 0.1) is 18.7 Å². The minimum atomic E-state index is -0.785. The van der Waals surface area contributed by atoms with Crippen molar-refractivity contribution in [2.45, 2.75) is 45.1 Å². The maximum Gasteiger partial charge on any atom is 0.256 e. The van der Waals surface area contributed by atoms with Gasteiger partial charge in [-0.15, -0.1) is 0 Å². The van der Waals surface area contributed by atoms with E-state index >= 15 is 4.39 Å². The number of nitrogens with one attached hydrogen (secondary N) is 1. The van der Waals surface area contributed by atoms with Gasteiger partial charge in [0.15, 0.2) is 0 Å². The van der Waals surface area contributed by atoms with Gasteiger partial charge in [0.05, 0.1) is 11.1 Å². The van der Waals surface area contributed by atoms with Gasteiger partial charge >= 0.3 is 0 Å². The quantitative estimate of drug-likeness (QED) is 0.670. The summed E-state index contributed by atoms with van der Waals surface area (Å²) in [6.07, 6.45) is 3.12. The van der Waals surface area contributed by atoms with Gasteiger partial charge in [0.2, 0.25) is 0 Å². The fourth-order valence-corrected chi connectivity index (χ4v) is 4.58. The summed E-state index contributed by atoms with van der Waals surface area (Å²) in [6.45, 7) is 3.84. The highest BCUT2D eigenvalue weighted by molar-refractivity contribution is 6.33. The average Bonchev–Trinajstić information content (AvgIpc) is 2.92. The first kappa shape index (κ1) is 19.0. The van der Waals surface area contributed by atoms with Crippen LogP contribution in [0.15, 0.2) is 42.2 Å². The zero-order valence-corrected chi connectivity index (χ0v) is 16.7. The molecule has 1 fully saturated rings. The van der Waals surface area contributed by atoms with Crippen LogP contribution in [0.4, 0.5) is 4.39 Å². The summed E-state index contributed by atoms with van der Waals surface area (Å²) in [4.78, 5) is 12.9. The molecular weight excluding hydrogens is 377 g/mol. The molecule has 0 aromatic heterocycles. The van der Waals surface area contributed by atoms with E-state index in [1.54, 1.807) is 25.1 Å². The third-order valence-corrected chi connectivity index (χ3v) is 6.59. The standard InChI is InChI=1S/C23H23ClFNO2/c1-13-8-10-23(11-9-13)21(27)19(22(28)26-23)18-14(2)17(24)12-16(20(18)25)15-6-4-3-5-7-15/h3-7,12-13,27H,8-11H2,1-2H3,(H,26,28). The number of carbonyl (C=O) groups is 1. The number of amides is 1. The van der Waals surface area contributed by atoms with Crippen LogP contribution in [-0.4, -0.2) is 16.6 Å². The van der Waals surface area contributed by atoms with Crippen LogP contribution in [0.1, 0.15) is 43.7 Å². The molecule has 0 radical (unpaired) electrons. The van der Waals surface area contributed by atoms with Gasteiger partial charge in [-0.05, 0) is 55.7 Å². The Bertz CT molecular complexity index is 976. The Hall–Kier alpha value is -2.33. The first-order valence-electron chi connectivity index (χ1n) is 9.64. The lowest BCUT2D eigenvalue weighted by Crippen LogP contribution is -2.47. The van der Waals surface area contributed by atoms with E-state index in [9.17, 15) is 9.90 Å². The third kappa shape index (κ3) is 2.91. The molecule has 1 aliphatic heterocycles. The van der Waals surface area contributed by atoms with Gasteiger partial charge in [0.25, 0.3) is 5.91 Å². The predicted molar refractivity (Wildman–Crippen MR) is 110 cm³/mol. The Morgan fingerprint density at radius 3 is 2.50 bits per heavy atom. The predicted octanol–water partition coefficient (Wildman–Crippen LogP) is 5.80. The van der Waals surface area contributed by atoms with Crippen molar-refractivity contribution in [3.63, 3.8) is 0 Å². The Balaban J connectivity index is 1.90. The maximum absolute atomic E-state index is 15.6. The highest BCUT2D eigenvalue weighted by atomic mass is 35.5. The molecule has 2 aliphatic rings. The summed E-state index contributed by atoms with van der Waals surface area (Å²) in [7, 11) is 0. The van der Waals surface area contributed by atoms with E-state index in [4.69, 9.17) is 11.6 Å². The van der Waals surface area contributed by atoms with E-state index in [0.29, 0.717) is 40.5 Å². The number of rotatable bonds is 2. The lowest BCUT2D eigenvalue weighted by Gasteiger charge is -2.36. The first-order chi connectivity index (χ1) is 13.3. The van der Waals surface area contributed by atoms with Crippen LogP contribution in [-0.2, 0) is 4.79 Å². The molecule has 1 amide bonds. The molecule has 0 atom stereocenters. The third-order valence-electron chi connectivity index (χ3n) is 6.19. The van der Waals surface area contributed by atoms with E-state index in [-0.39, 0.29) is 16.9 Å². The molecule has 4 rings (SSSR count). The molecule has 0 bridgehead atoms. The van der Waals surface area contributed by atoms with Gasteiger partial charge in [-0.25, -0.2) is 4.39 Å². The molecule has 0 saturated heterocycles. The molecule has 1 spiro atoms. The highest BCUT2D eigenvalue weighted by Crippen LogP contribution is 2.45. The van der Waals surface area contributed by atoms with Gasteiger partial charge in [-0.3, -0.25) is 4.79 Å². The SMILES string of the molecule is Cc1c(Cl)cc(-c2ccccc2)c(F)c1C1=C(O)C2(CCC(C)CC2)NC1=O. The second-order valence-corrected chi connectivity index (χ2v) is 8.44. The van der Waals surface area contributed by atoms with E-state index in [0.717, 1.165) is 12.8 Å². The average molecular weight is 400 g/mol. The largest absolute Gasteiger partial charge is 0.509 e. The number of benzene rings is 2. The molecular formula is C23H23ClFNO2.